The molecule has 0 unspecified atom stereocenters. The number of hydrogen-bond acceptors (Lipinski definition) is 1. The molecule has 0 aliphatic carbocycles. The maximum absolute atomic E-state index is 12.4. The maximum atomic E-state index is 12.4. The quantitative estimate of drug-likeness (QED) is 0.465. The molecule has 0 aromatic heterocycles. The molecule has 1 aliphatic heterocycles. The predicted molar refractivity (Wildman–Crippen MR) is 43.1 cm³/mol. The third-order valence-corrected chi connectivity index (χ3v) is 1.70. The number of hydrogen-bond donors (Lipinski definition) is 0. The van der Waals surface area contributed by atoms with Crippen LogP contribution in [0.3, 0.4) is 0 Å². The first kappa shape index (κ1) is 12.7. The molecule has 1 rings (SSSR count). The summed E-state index contributed by atoms with van der Waals surface area (Å²) in [5.41, 5.74) is 0. The molecule has 0 aromatic carbocycles. The molecular weight excluding hydrogens is 186 g/mol. The van der Waals surface area contributed by atoms with Gasteiger partial charge in [0, 0.05) is 13.0 Å². The van der Waals surface area contributed by atoms with Gasteiger partial charge in [-0.1, -0.05) is 13.8 Å². The second-order valence-electron chi connectivity index (χ2n) is 2.71. The molecular formula is C8H15F4N. The number of nitrogens with zero attached hydrogens (tertiary/aromatic N) is 1. The first-order chi connectivity index (χ1) is 6.01. The van der Waals surface area contributed by atoms with E-state index in [1.807, 2.05) is 13.8 Å². The molecule has 1 saturated heterocycles. The van der Waals surface area contributed by atoms with Gasteiger partial charge in [-0.3, -0.25) is 0 Å². The lowest BCUT2D eigenvalue weighted by Crippen LogP contribution is -2.44. The molecule has 0 spiro atoms. The zero-order valence-corrected chi connectivity index (χ0v) is 7.86. The topological polar surface area (TPSA) is 3.24 Å². The first-order valence-electron chi connectivity index (χ1n) is 4.41. The van der Waals surface area contributed by atoms with Crippen molar-refractivity contribution in [1.82, 2.24) is 4.90 Å². The fraction of sp³-hybridized carbons (Fsp3) is 1.00. The van der Waals surface area contributed by atoms with Crippen LogP contribution in [0, 0.1) is 0 Å². The summed E-state index contributed by atoms with van der Waals surface area (Å²) in [5, 5.41) is 0. The van der Waals surface area contributed by atoms with Crippen LogP contribution in [0.25, 0.3) is 0 Å². The van der Waals surface area contributed by atoms with Gasteiger partial charge in [-0.25, -0.2) is 13.7 Å². The van der Waals surface area contributed by atoms with Gasteiger partial charge < -0.3 is 0 Å². The van der Waals surface area contributed by atoms with Crippen LogP contribution in [-0.2, 0) is 0 Å². The van der Waals surface area contributed by atoms with E-state index in [1.54, 1.807) is 0 Å². The van der Waals surface area contributed by atoms with Crippen LogP contribution < -0.4 is 0 Å². The Hall–Kier alpha value is -0.320. The van der Waals surface area contributed by atoms with Crippen molar-refractivity contribution in [1.29, 1.82) is 0 Å². The van der Waals surface area contributed by atoms with E-state index in [-0.39, 0.29) is 19.4 Å². The van der Waals surface area contributed by atoms with Crippen molar-refractivity contribution >= 4 is 0 Å². The van der Waals surface area contributed by atoms with Crippen molar-refractivity contribution in [3.05, 3.63) is 0 Å². The average Bonchev–Trinajstić information content (AvgIpc) is 2.06. The zero-order chi connectivity index (χ0) is 10.5. The van der Waals surface area contributed by atoms with E-state index >= 15 is 0 Å². The van der Waals surface area contributed by atoms with Crippen LogP contribution >= 0.6 is 0 Å². The van der Waals surface area contributed by atoms with Crippen molar-refractivity contribution in [3.63, 3.8) is 0 Å². The van der Waals surface area contributed by atoms with Gasteiger partial charge in [-0.05, 0) is 6.42 Å². The Morgan fingerprint density at radius 2 is 1.77 bits per heavy atom. The highest BCUT2D eigenvalue weighted by molar-refractivity contribution is 4.77. The van der Waals surface area contributed by atoms with Gasteiger partial charge >= 0.3 is 0 Å². The second kappa shape index (κ2) is 5.42. The van der Waals surface area contributed by atoms with Crippen LogP contribution in [-0.4, -0.2) is 30.5 Å². The molecule has 13 heavy (non-hydrogen) atoms. The average molecular weight is 201 g/mol. The first-order valence-corrected chi connectivity index (χ1v) is 4.41. The Morgan fingerprint density at radius 1 is 1.23 bits per heavy atom. The summed E-state index contributed by atoms with van der Waals surface area (Å²) in [7, 11) is 0. The number of halogens is 4. The largest absolute Gasteiger partial charge is 0.295 e. The van der Waals surface area contributed by atoms with Crippen LogP contribution in [0.4, 0.5) is 17.6 Å². The normalized spacial score (nSPS) is 22.4. The van der Waals surface area contributed by atoms with Crippen LogP contribution in [0.5, 0.6) is 0 Å². The van der Waals surface area contributed by atoms with Crippen molar-refractivity contribution in [2.45, 2.75) is 39.2 Å². The number of likely N-dealkylation sites (tertiary alicyclic amines) is 1. The second-order valence-corrected chi connectivity index (χ2v) is 2.71. The molecule has 0 N–H and O–H groups in total. The van der Waals surface area contributed by atoms with E-state index in [1.165, 1.54) is 0 Å². The summed E-state index contributed by atoms with van der Waals surface area (Å²) < 4.78 is 48.6. The van der Waals surface area contributed by atoms with E-state index < -0.39 is 19.0 Å². The highest BCUT2D eigenvalue weighted by Crippen LogP contribution is 2.27. The van der Waals surface area contributed by atoms with Gasteiger partial charge in [-0.15, -0.1) is 0 Å². The number of piperidine rings is 1. The molecule has 0 atom stereocenters. The molecule has 0 saturated carbocycles. The molecule has 0 bridgehead atoms. The molecule has 0 aromatic rings. The number of rotatable bonds is 1. The summed E-state index contributed by atoms with van der Waals surface area (Å²) >= 11 is 0. The van der Waals surface area contributed by atoms with Crippen molar-refractivity contribution < 1.29 is 17.6 Å². The highest BCUT2D eigenvalue weighted by atomic mass is 19.3. The molecule has 1 aliphatic rings. The smallest absolute Gasteiger partial charge is 0.241 e. The SMILES string of the molecule is CC.FC(F)N1CCCC(F)(F)C1. The van der Waals surface area contributed by atoms with Gasteiger partial charge in [0.2, 0.25) is 0 Å². The predicted octanol–water partition coefficient (Wildman–Crippen LogP) is 2.97. The third-order valence-electron chi connectivity index (χ3n) is 1.70. The molecule has 1 heterocycles. The van der Waals surface area contributed by atoms with E-state index in [4.69, 9.17) is 0 Å². The monoisotopic (exact) mass is 201 g/mol. The number of alkyl halides is 4. The summed E-state index contributed by atoms with van der Waals surface area (Å²) in [6.07, 6.45) is -0.118. The zero-order valence-electron chi connectivity index (χ0n) is 7.86. The standard InChI is InChI=1S/C6H9F4N.C2H6/c7-5(8)11-3-1-2-6(9,10)4-11;1-2/h5H,1-4H2;1-2H3. The lowest BCUT2D eigenvalue weighted by atomic mass is 10.1. The fourth-order valence-electron chi connectivity index (χ4n) is 1.16. The lowest BCUT2D eigenvalue weighted by Gasteiger charge is -2.31. The van der Waals surface area contributed by atoms with Crippen molar-refractivity contribution in [2.24, 2.45) is 0 Å². The van der Waals surface area contributed by atoms with Crippen molar-refractivity contribution in [3.8, 4) is 0 Å². The maximum Gasteiger partial charge on any atom is 0.295 e. The summed E-state index contributed by atoms with van der Waals surface area (Å²) in [4.78, 5) is 0.503. The Balaban J connectivity index is 0.000000671. The molecule has 5 heteroatoms. The Morgan fingerprint density at radius 3 is 2.08 bits per heavy atom. The fourth-order valence-corrected chi connectivity index (χ4v) is 1.16. The van der Waals surface area contributed by atoms with Gasteiger partial charge in [0.15, 0.2) is 0 Å². The van der Waals surface area contributed by atoms with E-state index in [0.29, 0.717) is 4.90 Å². The van der Waals surface area contributed by atoms with E-state index in [0.717, 1.165) is 0 Å². The Labute approximate surface area is 75.7 Å². The minimum absolute atomic E-state index is 0.0766. The third kappa shape index (κ3) is 4.45. The van der Waals surface area contributed by atoms with E-state index in [2.05, 4.69) is 0 Å². The van der Waals surface area contributed by atoms with E-state index in [9.17, 15) is 17.6 Å². The van der Waals surface area contributed by atoms with Crippen molar-refractivity contribution in [2.75, 3.05) is 13.1 Å². The molecule has 80 valence electrons. The molecule has 0 radical (unpaired) electrons. The van der Waals surface area contributed by atoms with Gasteiger partial charge in [0.1, 0.15) is 0 Å². The summed E-state index contributed by atoms with van der Waals surface area (Å²) in [6, 6.07) is 0. The van der Waals surface area contributed by atoms with Gasteiger partial charge in [0.05, 0.1) is 6.54 Å². The highest BCUT2D eigenvalue weighted by Gasteiger charge is 2.37. The minimum Gasteiger partial charge on any atom is -0.241 e. The minimum atomic E-state index is -2.92. The summed E-state index contributed by atoms with van der Waals surface area (Å²) in [6.45, 7) is 0.527. The molecule has 1 fully saturated rings. The molecule has 1 nitrogen and oxygen atoms in total. The Kier molecular flexibility index (Phi) is 5.29. The summed E-state index contributed by atoms with van der Waals surface area (Å²) in [5.74, 6) is -2.92. The van der Waals surface area contributed by atoms with Gasteiger partial charge in [-0.2, -0.15) is 8.78 Å². The van der Waals surface area contributed by atoms with Crippen LogP contribution in [0.2, 0.25) is 0 Å². The Bertz CT molecular complexity index is 138. The van der Waals surface area contributed by atoms with Crippen LogP contribution in [0.1, 0.15) is 26.7 Å². The molecule has 0 amide bonds. The van der Waals surface area contributed by atoms with Gasteiger partial charge in [0.25, 0.3) is 12.5 Å². The van der Waals surface area contributed by atoms with Crippen LogP contribution in [0.15, 0.2) is 0 Å². The lowest BCUT2D eigenvalue weighted by molar-refractivity contribution is -0.126.